The van der Waals surface area contributed by atoms with E-state index in [1.807, 2.05) is 0 Å². The fraction of sp³-hybridized carbons (Fsp3) is 0.929. The second-order valence-electron chi connectivity index (χ2n) is 5.20. The topological polar surface area (TPSA) is 64.4 Å². The highest BCUT2D eigenvalue weighted by Gasteiger charge is 2.30. The molecule has 4 heteroatoms. The number of amides is 1. The third-order valence-electron chi connectivity index (χ3n) is 3.55. The van der Waals surface area contributed by atoms with Crippen molar-refractivity contribution in [2.24, 2.45) is 5.73 Å². The number of hydrogen-bond donors (Lipinski definition) is 2. The summed E-state index contributed by atoms with van der Waals surface area (Å²) >= 11 is 0. The summed E-state index contributed by atoms with van der Waals surface area (Å²) in [6.07, 6.45) is 7.07. The fourth-order valence-corrected chi connectivity index (χ4v) is 2.45. The van der Waals surface area contributed by atoms with Crippen molar-refractivity contribution in [3.05, 3.63) is 0 Å². The molecule has 0 saturated carbocycles. The first-order valence-corrected chi connectivity index (χ1v) is 7.37. The first kappa shape index (κ1) is 15.4. The summed E-state index contributed by atoms with van der Waals surface area (Å²) in [7, 11) is 0. The van der Waals surface area contributed by atoms with E-state index in [1.54, 1.807) is 0 Å². The summed E-state index contributed by atoms with van der Waals surface area (Å²) < 4.78 is 5.62. The monoisotopic (exact) mass is 256 g/mol. The van der Waals surface area contributed by atoms with Gasteiger partial charge in [-0.15, -0.1) is 0 Å². The molecule has 1 fully saturated rings. The average Bonchev–Trinajstić information content (AvgIpc) is 2.85. The van der Waals surface area contributed by atoms with Gasteiger partial charge in [0.15, 0.2) is 0 Å². The Bertz CT molecular complexity index is 246. The van der Waals surface area contributed by atoms with Crippen LogP contribution < -0.4 is 11.1 Å². The Balaban J connectivity index is 2.35. The molecule has 1 amide bonds. The summed E-state index contributed by atoms with van der Waals surface area (Å²) in [5.74, 6) is 0.0560. The molecule has 0 spiro atoms. The van der Waals surface area contributed by atoms with Crippen LogP contribution in [0.2, 0.25) is 0 Å². The van der Waals surface area contributed by atoms with Crippen molar-refractivity contribution in [1.29, 1.82) is 0 Å². The number of carbonyl (C=O) groups is 1. The summed E-state index contributed by atoms with van der Waals surface area (Å²) in [5, 5.41) is 3.13. The zero-order valence-electron chi connectivity index (χ0n) is 11.8. The molecule has 0 aromatic rings. The smallest absolute Gasteiger partial charge is 0.249 e. The molecule has 18 heavy (non-hydrogen) atoms. The van der Waals surface area contributed by atoms with Crippen molar-refractivity contribution < 1.29 is 9.53 Å². The molecule has 0 bridgehead atoms. The highest BCUT2D eigenvalue weighted by Crippen LogP contribution is 2.19. The van der Waals surface area contributed by atoms with Crippen molar-refractivity contribution in [1.82, 2.24) is 5.32 Å². The van der Waals surface area contributed by atoms with Crippen LogP contribution in [0.3, 0.4) is 0 Å². The van der Waals surface area contributed by atoms with Gasteiger partial charge in [-0.1, -0.05) is 33.1 Å². The standard InChI is InChI=1S/C14H28N2O2/c1-3-5-7-11(6-4-2)16-14(17)13-9-8-12(10-15)18-13/h11-13H,3-10,15H2,1-2H3,(H,16,17). The normalized spacial score (nSPS) is 25.1. The van der Waals surface area contributed by atoms with Gasteiger partial charge in [-0.3, -0.25) is 4.79 Å². The summed E-state index contributed by atoms with van der Waals surface area (Å²) in [5.41, 5.74) is 5.55. The molecule has 1 aliphatic heterocycles. The lowest BCUT2D eigenvalue weighted by molar-refractivity contribution is -0.132. The Labute approximate surface area is 111 Å². The second-order valence-corrected chi connectivity index (χ2v) is 5.20. The highest BCUT2D eigenvalue weighted by molar-refractivity contribution is 5.81. The molecule has 3 atom stereocenters. The Hall–Kier alpha value is -0.610. The van der Waals surface area contributed by atoms with Gasteiger partial charge in [0.05, 0.1) is 6.10 Å². The van der Waals surface area contributed by atoms with Crippen molar-refractivity contribution >= 4 is 5.91 Å². The summed E-state index contributed by atoms with van der Waals surface area (Å²) in [6.45, 7) is 4.84. The van der Waals surface area contributed by atoms with E-state index < -0.39 is 0 Å². The Morgan fingerprint density at radius 2 is 2.11 bits per heavy atom. The molecular formula is C14H28N2O2. The van der Waals surface area contributed by atoms with Crippen LogP contribution >= 0.6 is 0 Å². The van der Waals surface area contributed by atoms with Crippen molar-refractivity contribution in [3.63, 3.8) is 0 Å². The Kier molecular flexibility index (Phi) is 7.28. The third-order valence-corrected chi connectivity index (χ3v) is 3.55. The summed E-state index contributed by atoms with van der Waals surface area (Å²) in [6, 6.07) is 0.308. The number of hydrogen-bond acceptors (Lipinski definition) is 3. The molecule has 1 aliphatic rings. The highest BCUT2D eigenvalue weighted by atomic mass is 16.5. The van der Waals surface area contributed by atoms with Crippen molar-refractivity contribution in [3.8, 4) is 0 Å². The minimum Gasteiger partial charge on any atom is -0.364 e. The van der Waals surface area contributed by atoms with E-state index in [2.05, 4.69) is 19.2 Å². The SMILES string of the molecule is CCCCC(CCC)NC(=O)C1CCC(CN)O1. The van der Waals surface area contributed by atoms with Crippen LogP contribution in [-0.4, -0.2) is 30.7 Å². The predicted octanol–water partition coefficient (Wildman–Crippen LogP) is 1.97. The van der Waals surface area contributed by atoms with Crippen LogP contribution in [0.4, 0.5) is 0 Å². The van der Waals surface area contributed by atoms with E-state index in [-0.39, 0.29) is 18.1 Å². The van der Waals surface area contributed by atoms with E-state index in [0.29, 0.717) is 12.6 Å². The molecule has 0 radical (unpaired) electrons. The molecule has 4 nitrogen and oxygen atoms in total. The first-order chi connectivity index (χ1) is 8.71. The Morgan fingerprint density at radius 1 is 1.33 bits per heavy atom. The lowest BCUT2D eigenvalue weighted by Crippen LogP contribution is -2.41. The molecule has 3 unspecified atom stereocenters. The van der Waals surface area contributed by atoms with Gasteiger partial charge in [-0.25, -0.2) is 0 Å². The first-order valence-electron chi connectivity index (χ1n) is 7.37. The molecule has 1 heterocycles. The molecule has 106 valence electrons. The second kappa shape index (κ2) is 8.48. The predicted molar refractivity (Wildman–Crippen MR) is 73.3 cm³/mol. The van der Waals surface area contributed by atoms with Crippen LogP contribution in [0, 0.1) is 0 Å². The largest absolute Gasteiger partial charge is 0.364 e. The van der Waals surface area contributed by atoms with E-state index in [4.69, 9.17) is 10.5 Å². The van der Waals surface area contributed by atoms with Crippen LogP contribution in [-0.2, 0) is 9.53 Å². The van der Waals surface area contributed by atoms with Gasteiger partial charge in [0.1, 0.15) is 6.10 Å². The maximum absolute atomic E-state index is 12.1. The molecule has 1 saturated heterocycles. The van der Waals surface area contributed by atoms with E-state index in [1.165, 1.54) is 12.8 Å². The number of ether oxygens (including phenoxy) is 1. The summed E-state index contributed by atoms with van der Waals surface area (Å²) in [4.78, 5) is 12.1. The zero-order chi connectivity index (χ0) is 13.4. The number of nitrogens with two attached hydrogens (primary N) is 1. The third kappa shape index (κ3) is 4.94. The fourth-order valence-electron chi connectivity index (χ4n) is 2.45. The number of nitrogens with one attached hydrogen (secondary N) is 1. The quantitative estimate of drug-likeness (QED) is 0.698. The van der Waals surface area contributed by atoms with E-state index in [0.717, 1.165) is 32.1 Å². The van der Waals surface area contributed by atoms with Gasteiger partial charge in [0, 0.05) is 12.6 Å². The van der Waals surface area contributed by atoms with Gasteiger partial charge in [-0.2, -0.15) is 0 Å². The minimum absolute atomic E-state index is 0.0560. The molecule has 1 rings (SSSR count). The molecule has 0 aromatic carbocycles. The van der Waals surface area contributed by atoms with Gasteiger partial charge >= 0.3 is 0 Å². The van der Waals surface area contributed by atoms with E-state index in [9.17, 15) is 4.79 Å². The molecule has 3 N–H and O–H groups in total. The number of unbranched alkanes of at least 4 members (excludes halogenated alkanes) is 1. The molecule has 0 aliphatic carbocycles. The van der Waals surface area contributed by atoms with Crippen molar-refractivity contribution in [2.45, 2.75) is 77.0 Å². The maximum Gasteiger partial charge on any atom is 0.249 e. The van der Waals surface area contributed by atoms with E-state index >= 15 is 0 Å². The van der Waals surface area contributed by atoms with Gasteiger partial charge in [-0.05, 0) is 25.7 Å². The maximum atomic E-state index is 12.1. The lowest BCUT2D eigenvalue weighted by atomic mass is 10.0. The Morgan fingerprint density at radius 3 is 2.67 bits per heavy atom. The van der Waals surface area contributed by atoms with Gasteiger partial charge in [0.25, 0.3) is 0 Å². The molecule has 0 aromatic heterocycles. The minimum atomic E-state index is -0.278. The van der Waals surface area contributed by atoms with Gasteiger partial charge < -0.3 is 15.8 Å². The van der Waals surface area contributed by atoms with Crippen LogP contribution in [0.25, 0.3) is 0 Å². The number of carbonyl (C=O) groups excluding carboxylic acids is 1. The lowest BCUT2D eigenvalue weighted by Gasteiger charge is -2.20. The van der Waals surface area contributed by atoms with Crippen LogP contribution in [0.1, 0.15) is 58.8 Å². The zero-order valence-corrected chi connectivity index (χ0v) is 11.8. The molecular weight excluding hydrogens is 228 g/mol. The van der Waals surface area contributed by atoms with Crippen LogP contribution in [0.5, 0.6) is 0 Å². The van der Waals surface area contributed by atoms with Gasteiger partial charge in [0.2, 0.25) is 5.91 Å². The average molecular weight is 256 g/mol. The van der Waals surface area contributed by atoms with Crippen molar-refractivity contribution in [2.75, 3.05) is 6.54 Å². The number of rotatable bonds is 8. The van der Waals surface area contributed by atoms with Crippen LogP contribution in [0.15, 0.2) is 0 Å².